The first-order chi connectivity index (χ1) is 9.20. The van der Waals surface area contributed by atoms with E-state index < -0.39 is 0 Å². The lowest BCUT2D eigenvalue weighted by Gasteiger charge is -2.21. The molecule has 0 fully saturated rings. The summed E-state index contributed by atoms with van der Waals surface area (Å²) in [5, 5.41) is 0.434. The predicted octanol–water partition coefficient (Wildman–Crippen LogP) is 5.15. The SMILES string of the molecule is Cc1cc(F)ccc1-c1nc(Cl)c(I)c(C(C)(C)C)n1. The fourth-order valence-electron chi connectivity index (χ4n) is 1.92. The summed E-state index contributed by atoms with van der Waals surface area (Å²) in [6.07, 6.45) is 0. The topological polar surface area (TPSA) is 25.8 Å². The number of aryl methyl sites for hydroxylation is 1. The van der Waals surface area contributed by atoms with E-state index in [1.807, 2.05) is 6.92 Å². The molecular weight excluding hydrogens is 390 g/mol. The van der Waals surface area contributed by atoms with Crippen LogP contribution in [0.3, 0.4) is 0 Å². The van der Waals surface area contributed by atoms with E-state index in [1.165, 1.54) is 12.1 Å². The van der Waals surface area contributed by atoms with Crippen LogP contribution in [0.15, 0.2) is 18.2 Å². The molecule has 0 aliphatic carbocycles. The summed E-state index contributed by atoms with van der Waals surface area (Å²) in [7, 11) is 0. The van der Waals surface area contributed by atoms with Crippen molar-refractivity contribution < 1.29 is 4.39 Å². The van der Waals surface area contributed by atoms with Crippen LogP contribution in [0.5, 0.6) is 0 Å². The Bertz CT molecular complexity index is 666. The molecule has 0 aliphatic rings. The lowest BCUT2D eigenvalue weighted by molar-refractivity contribution is 0.563. The van der Waals surface area contributed by atoms with Crippen LogP contribution >= 0.6 is 34.2 Å². The minimum atomic E-state index is -0.265. The lowest BCUT2D eigenvalue weighted by atomic mass is 9.92. The van der Waals surface area contributed by atoms with E-state index in [0.717, 1.165) is 20.4 Å². The monoisotopic (exact) mass is 404 g/mol. The molecule has 0 saturated carbocycles. The molecular formula is C15H15ClFIN2. The molecule has 2 aromatic rings. The standard InChI is InChI=1S/C15H15ClFIN2/c1-8-7-9(17)5-6-10(8)14-19-12(15(2,3)4)11(18)13(16)20-14/h5-7H,1-4H3. The predicted molar refractivity (Wildman–Crippen MR) is 88.6 cm³/mol. The maximum Gasteiger partial charge on any atom is 0.161 e. The van der Waals surface area contributed by atoms with Gasteiger partial charge in [-0.1, -0.05) is 32.4 Å². The van der Waals surface area contributed by atoms with Gasteiger partial charge in [0.2, 0.25) is 0 Å². The highest BCUT2D eigenvalue weighted by atomic mass is 127. The van der Waals surface area contributed by atoms with Gasteiger partial charge in [-0.2, -0.15) is 0 Å². The molecule has 0 aliphatic heterocycles. The third-order valence-electron chi connectivity index (χ3n) is 2.95. The Kier molecular flexibility index (Phi) is 4.35. The zero-order valence-electron chi connectivity index (χ0n) is 11.8. The molecule has 0 spiro atoms. The van der Waals surface area contributed by atoms with Crippen molar-refractivity contribution in [3.05, 3.63) is 44.0 Å². The number of hydrogen-bond donors (Lipinski definition) is 0. The summed E-state index contributed by atoms with van der Waals surface area (Å²) in [6.45, 7) is 8.07. The van der Waals surface area contributed by atoms with Crippen LogP contribution < -0.4 is 0 Å². The first kappa shape index (κ1) is 15.6. The molecule has 0 N–H and O–H groups in total. The quantitative estimate of drug-likeness (QED) is 0.485. The van der Waals surface area contributed by atoms with Crippen LogP contribution in [0, 0.1) is 16.3 Å². The van der Waals surface area contributed by atoms with Gasteiger partial charge in [0, 0.05) is 11.0 Å². The number of halogens is 3. The molecule has 2 nitrogen and oxygen atoms in total. The first-order valence-electron chi connectivity index (χ1n) is 6.20. The molecule has 2 rings (SSSR count). The zero-order valence-corrected chi connectivity index (χ0v) is 14.7. The third kappa shape index (κ3) is 3.11. The number of aromatic nitrogens is 2. The Labute approximate surface area is 136 Å². The fourth-order valence-corrected chi connectivity index (χ4v) is 3.13. The number of hydrogen-bond acceptors (Lipinski definition) is 2. The van der Waals surface area contributed by atoms with Crippen molar-refractivity contribution in [3.8, 4) is 11.4 Å². The van der Waals surface area contributed by atoms with Crippen LogP contribution in [0.1, 0.15) is 32.0 Å². The summed E-state index contributed by atoms with van der Waals surface area (Å²) >= 11 is 8.39. The normalized spacial score (nSPS) is 11.8. The van der Waals surface area contributed by atoms with Gasteiger partial charge in [0.15, 0.2) is 5.82 Å². The third-order valence-corrected chi connectivity index (χ3v) is 4.56. The Hall–Kier alpha value is -0.750. The van der Waals surface area contributed by atoms with E-state index in [9.17, 15) is 4.39 Å². The van der Waals surface area contributed by atoms with Crippen molar-refractivity contribution in [2.75, 3.05) is 0 Å². The Balaban J connectivity index is 2.67. The summed E-state index contributed by atoms with van der Waals surface area (Å²) < 4.78 is 14.1. The van der Waals surface area contributed by atoms with Crippen LogP contribution in [-0.2, 0) is 5.41 Å². The van der Waals surface area contributed by atoms with Crippen LogP contribution in [-0.4, -0.2) is 9.97 Å². The van der Waals surface area contributed by atoms with Crippen molar-refractivity contribution in [1.29, 1.82) is 0 Å². The average molecular weight is 405 g/mol. The second kappa shape index (κ2) is 5.56. The van der Waals surface area contributed by atoms with Gasteiger partial charge in [-0.15, -0.1) is 0 Å². The average Bonchev–Trinajstić information content (AvgIpc) is 2.31. The van der Waals surface area contributed by atoms with Gasteiger partial charge in [0.1, 0.15) is 11.0 Å². The highest BCUT2D eigenvalue weighted by Crippen LogP contribution is 2.32. The highest BCUT2D eigenvalue weighted by molar-refractivity contribution is 14.1. The van der Waals surface area contributed by atoms with E-state index in [-0.39, 0.29) is 11.2 Å². The van der Waals surface area contributed by atoms with Gasteiger partial charge < -0.3 is 0 Å². The van der Waals surface area contributed by atoms with Crippen molar-refractivity contribution in [1.82, 2.24) is 9.97 Å². The minimum absolute atomic E-state index is 0.133. The number of benzene rings is 1. The Morgan fingerprint density at radius 3 is 2.40 bits per heavy atom. The number of nitrogens with zero attached hydrogens (tertiary/aromatic N) is 2. The molecule has 0 amide bonds. The second-order valence-corrected chi connectivity index (χ2v) is 7.15. The summed E-state index contributed by atoms with van der Waals surface area (Å²) in [4.78, 5) is 8.97. The smallest absolute Gasteiger partial charge is 0.161 e. The first-order valence-corrected chi connectivity index (χ1v) is 7.66. The molecule has 1 heterocycles. The van der Waals surface area contributed by atoms with Gasteiger partial charge >= 0.3 is 0 Å². The molecule has 0 unspecified atom stereocenters. The Morgan fingerprint density at radius 2 is 1.85 bits per heavy atom. The molecule has 1 aromatic heterocycles. The molecule has 20 heavy (non-hydrogen) atoms. The van der Waals surface area contributed by atoms with Crippen molar-refractivity contribution in [2.24, 2.45) is 0 Å². The van der Waals surface area contributed by atoms with Crippen molar-refractivity contribution in [2.45, 2.75) is 33.1 Å². The van der Waals surface area contributed by atoms with Crippen LogP contribution in [0.4, 0.5) is 4.39 Å². The molecule has 0 saturated heterocycles. The maximum atomic E-state index is 13.2. The van der Waals surface area contributed by atoms with E-state index in [2.05, 4.69) is 53.3 Å². The molecule has 0 atom stereocenters. The minimum Gasteiger partial charge on any atom is -0.231 e. The molecule has 1 aromatic carbocycles. The van der Waals surface area contributed by atoms with E-state index >= 15 is 0 Å². The van der Waals surface area contributed by atoms with Gasteiger partial charge in [-0.05, 0) is 53.3 Å². The van der Waals surface area contributed by atoms with E-state index in [1.54, 1.807) is 6.07 Å². The lowest BCUT2D eigenvalue weighted by Crippen LogP contribution is -2.17. The van der Waals surface area contributed by atoms with Crippen molar-refractivity contribution >= 4 is 34.2 Å². The second-order valence-electron chi connectivity index (χ2n) is 5.71. The Morgan fingerprint density at radius 1 is 1.20 bits per heavy atom. The van der Waals surface area contributed by atoms with Gasteiger partial charge in [0.25, 0.3) is 0 Å². The number of rotatable bonds is 1. The van der Waals surface area contributed by atoms with E-state index in [0.29, 0.717) is 11.0 Å². The van der Waals surface area contributed by atoms with Gasteiger partial charge in [-0.25, -0.2) is 14.4 Å². The fraction of sp³-hybridized carbons (Fsp3) is 0.333. The summed E-state index contributed by atoms with van der Waals surface area (Å²) in [5.74, 6) is 0.275. The van der Waals surface area contributed by atoms with Crippen LogP contribution in [0.2, 0.25) is 5.15 Å². The molecule has 0 bridgehead atoms. The maximum absolute atomic E-state index is 13.2. The van der Waals surface area contributed by atoms with Gasteiger partial charge in [0.05, 0.1) is 9.26 Å². The van der Waals surface area contributed by atoms with Gasteiger partial charge in [-0.3, -0.25) is 0 Å². The van der Waals surface area contributed by atoms with E-state index in [4.69, 9.17) is 11.6 Å². The summed E-state index contributed by atoms with van der Waals surface area (Å²) in [6, 6.07) is 4.57. The molecule has 106 valence electrons. The van der Waals surface area contributed by atoms with Crippen LogP contribution in [0.25, 0.3) is 11.4 Å². The molecule has 0 radical (unpaired) electrons. The highest BCUT2D eigenvalue weighted by Gasteiger charge is 2.23. The largest absolute Gasteiger partial charge is 0.231 e. The zero-order chi connectivity index (χ0) is 15.1. The summed E-state index contributed by atoms with van der Waals surface area (Å²) in [5.41, 5.74) is 2.36. The molecule has 5 heteroatoms. The van der Waals surface area contributed by atoms with Crippen molar-refractivity contribution in [3.63, 3.8) is 0 Å².